The summed E-state index contributed by atoms with van der Waals surface area (Å²) in [5.41, 5.74) is 0. The maximum absolute atomic E-state index is 11.9. The summed E-state index contributed by atoms with van der Waals surface area (Å²) in [7, 11) is 0. The largest absolute Gasteiger partial charge is 0.353 e. The van der Waals surface area contributed by atoms with Crippen molar-refractivity contribution in [3.63, 3.8) is 0 Å². The van der Waals surface area contributed by atoms with Crippen LogP contribution in [0.1, 0.15) is 53.4 Å². The molecule has 1 aliphatic rings. The fourth-order valence-electron chi connectivity index (χ4n) is 2.82. The lowest BCUT2D eigenvalue weighted by Crippen LogP contribution is -2.46. The van der Waals surface area contributed by atoms with Crippen molar-refractivity contribution in [1.29, 1.82) is 0 Å². The van der Waals surface area contributed by atoms with Gasteiger partial charge in [-0.1, -0.05) is 13.3 Å². The smallest absolute Gasteiger partial charge is 0.234 e. The summed E-state index contributed by atoms with van der Waals surface area (Å²) in [6.45, 7) is 11.0. The minimum atomic E-state index is 0.139. The normalized spacial score (nSPS) is 21.7. The van der Waals surface area contributed by atoms with Crippen molar-refractivity contribution in [2.24, 2.45) is 0 Å². The van der Waals surface area contributed by atoms with Gasteiger partial charge in [0.2, 0.25) is 5.91 Å². The second-order valence-electron chi connectivity index (χ2n) is 6.02. The van der Waals surface area contributed by atoms with Gasteiger partial charge >= 0.3 is 0 Å². The second kappa shape index (κ2) is 8.54. The first-order chi connectivity index (χ1) is 9.02. The summed E-state index contributed by atoms with van der Waals surface area (Å²) in [5.74, 6) is 0.139. The van der Waals surface area contributed by atoms with Gasteiger partial charge in [-0.15, -0.1) is 0 Å². The molecule has 0 aliphatic carbocycles. The van der Waals surface area contributed by atoms with E-state index in [1.807, 2.05) is 13.8 Å². The number of likely N-dealkylation sites (N-methyl/N-ethyl adjacent to an activating group) is 1. The van der Waals surface area contributed by atoms with Gasteiger partial charge in [0.05, 0.1) is 6.54 Å². The van der Waals surface area contributed by atoms with Gasteiger partial charge in [0.15, 0.2) is 0 Å². The quantitative estimate of drug-likeness (QED) is 0.740. The van der Waals surface area contributed by atoms with E-state index in [4.69, 9.17) is 0 Å². The van der Waals surface area contributed by atoms with E-state index >= 15 is 0 Å². The number of hydrogen-bond acceptors (Lipinski definition) is 3. The van der Waals surface area contributed by atoms with E-state index in [1.165, 1.54) is 19.3 Å². The number of carbonyl (C=O) groups excluding carboxylic acids is 1. The molecule has 4 nitrogen and oxygen atoms in total. The van der Waals surface area contributed by atoms with Crippen LogP contribution in [-0.2, 0) is 4.79 Å². The van der Waals surface area contributed by atoms with Crippen molar-refractivity contribution in [2.75, 3.05) is 19.6 Å². The van der Waals surface area contributed by atoms with Crippen LogP contribution in [0.2, 0.25) is 0 Å². The maximum Gasteiger partial charge on any atom is 0.234 e. The maximum atomic E-state index is 11.9. The molecule has 1 aliphatic heterocycles. The SMILES string of the molecule is CCN(CC(=O)NC(C)C)C(C)CC1CCCCN1. The van der Waals surface area contributed by atoms with Crippen LogP contribution in [0.4, 0.5) is 0 Å². The van der Waals surface area contributed by atoms with Crippen molar-refractivity contribution in [3.8, 4) is 0 Å². The topological polar surface area (TPSA) is 44.4 Å². The molecule has 2 unspecified atom stereocenters. The predicted molar refractivity (Wildman–Crippen MR) is 80.2 cm³/mol. The Bertz CT molecular complexity index is 262. The van der Waals surface area contributed by atoms with E-state index in [2.05, 4.69) is 29.4 Å². The molecule has 1 amide bonds. The summed E-state index contributed by atoms with van der Waals surface area (Å²) < 4.78 is 0. The fraction of sp³-hybridized carbons (Fsp3) is 0.933. The number of hydrogen-bond donors (Lipinski definition) is 2. The summed E-state index contributed by atoms with van der Waals surface area (Å²) in [5, 5.41) is 6.56. The molecular weight excluding hydrogens is 238 g/mol. The Balaban J connectivity index is 2.37. The third kappa shape index (κ3) is 6.39. The van der Waals surface area contributed by atoms with Crippen LogP contribution < -0.4 is 10.6 Å². The van der Waals surface area contributed by atoms with Crippen LogP contribution in [0.15, 0.2) is 0 Å². The van der Waals surface area contributed by atoms with Gasteiger partial charge in [-0.3, -0.25) is 9.69 Å². The van der Waals surface area contributed by atoms with E-state index in [0.717, 1.165) is 19.5 Å². The average Bonchev–Trinajstić information content (AvgIpc) is 2.36. The van der Waals surface area contributed by atoms with Crippen molar-refractivity contribution in [2.45, 2.75) is 71.5 Å². The van der Waals surface area contributed by atoms with Gasteiger partial charge in [-0.05, 0) is 53.1 Å². The molecule has 0 aromatic carbocycles. The molecule has 0 bridgehead atoms. The van der Waals surface area contributed by atoms with Crippen molar-refractivity contribution in [1.82, 2.24) is 15.5 Å². The Kier molecular flexibility index (Phi) is 7.39. The van der Waals surface area contributed by atoms with Crippen molar-refractivity contribution >= 4 is 5.91 Å². The molecule has 0 aromatic heterocycles. The van der Waals surface area contributed by atoms with Crippen LogP contribution in [0, 0.1) is 0 Å². The van der Waals surface area contributed by atoms with Crippen molar-refractivity contribution < 1.29 is 4.79 Å². The Hall–Kier alpha value is -0.610. The molecule has 112 valence electrons. The third-order valence-electron chi connectivity index (χ3n) is 3.86. The van der Waals surface area contributed by atoms with E-state index in [0.29, 0.717) is 18.6 Å². The van der Waals surface area contributed by atoms with Crippen LogP contribution in [0.3, 0.4) is 0 Å². The van der Waals surface area contributed by atoms with Crippen LogP contribution >= 0.6 is 0 Å². The highest BCUT2D eigenvalue weighted by molar-refractivity contribution is 5.78. The molecule has 2 N–H and O–H groups in total. The van der Waals surface area contributed by atoms with Gasteiger partial charge < -0.3 is 10.6 Å². The Morgan fingerprint density at radius 2 is 2.11 bits per heavy atom. The third-order valence-corrected chi connectivity index (χ3v) is 3.86. The number of piperidine rings is 1. The van der Waals surface area contributed by atoms with Crippen molar-refractivity contribution in [3.05, 3.63) is 0 Å². The number of rotatable bonds is 7. The zero-order chi connectivity index (χ0) is 14.3. The molecule has 4 heteroatoms. The molecule has 1 rings (SSSR count). The molecule has 0 aromatic rings. The summed E-state index contributed by atoms with van der Waals surface area (Å²) >= 11 is 0. The number of carbonyl (C=O) groups is 1. The minimum Gasteiger partial charge on any atom is -0.353 e. The Morgan fingerprint density at radius 3 is 2.63 bits per heavy atom. The Morgan fingerprint density at radius 1 is 1.37 bits per heavy atom. The lowest BCUT2D eigenvalue weighted by molar-refractivity contribution is -0.123. The highest BCUT2D eigenvalue weighted by atomic mass is 16.2. The van der Waals surface area contributed by atoms with E-state index in [-0.39, 0.29) is 11.9 Å². The molecule has 1 saturated heterocycles. The molecule has 19 heavy (non-hydrogen) atoms. The molecule has 0 radical (unpaired) electrons. The van der Waals surface area contributed by atoms with E-state index in [9.17, 15) is 4.79 Å². The minimum absolute atomic E-state index is 0.139. The molecule has 1 heterocycles. The molecule has 0 spiro atoms. The van der Waals surface area contributed by atoms with E-state index < -0.39 is 0 Å². The highest BCUT2D eigenvalue weighted by Crippen LogP contribution is 2.14. The molecule has 2 atom stereocenters. The van der Waals surface area contributed by atoms with Gasteiger partial charge in [-0.25, -0.2) is 0 Å². The van der Waals surface area contributed by atoms with E-state index in [1.54, 1.807) is 0 Å². The first kappa shape index (κ1) is 16.4. The lowest BCUT2D eigenvalue weighted by atomic mass is 9.98. The molecular formula is C15H31N3O. The number of nitrogens with zero attached hydrogens (tertiary/aromatic N) is 1. The number of nitrogens with one attached hydrogen (secondary N) is 2. The zero-order valence-electron chi connectivity index (χ0n) is 13.0. The first-order valence-corrected chi connectivity index (χ1v) is 7.79. The Labute approximate surface area is 118 Å². The highest BCUT2D eigenvalue weighted by Gasteiger charge is 2.21. The predicted octanol–water partition coefficient (Wildman–Crippen LogP) is 1.75. The fourth-order valence-corrected chi connectivity index (χ4v) is 2.82. The van der Waals surface area contributed by atoms with Crippen LogP contribution in [0.25, 0.3) is 0 Å². The zero-order valence-corrected chi connectivity index (χ0v) is 13.0. The van der Waals surface area contributed by atoms with Gasteiger partial charge in [-0.2, -0.15) is 0 Å². The monoisotopic (exact) mass is 269 g/mol. The van der Waals surface area contributed by atoms with Gasteiger partial charge in [0.25, 0.3) is 0 Å². The molecule has 1 fully saturated rings. The number of amides is 1. The summed E-state index contributed by atoms with van der Waals surface area (Å²) in [6, 6.07) is 1.31. The standard InChI is InChI=1S/C15H31N3O/c1-5-18(11-15(19)17-12(2)3)13(4)10-14-8-6-7-9-16-14/h12-14,16H,5-11H2,1-4H3,(H,17,19). The van der Waals surface area contributed by atoms with Gasteiger partial charge in [0, 0.05) is 18.1 Å². The summed E-state index contributed by atoms with van der Waals surface area (Å²) in [4.78, 5) is 14.1. The van der Waals surface area contributed by atoms with Crippen LogP contribution in [0.5, 0.6) is 0 Å². The second-order valence-corrected chi connectivity index (χ2v) is 6.02. The van der Waals surface area contributed by atoms with Gasteiger partial charge in [0.1, 0.15) is 0 Å². The average molecular weight is 269 g/mol. The van der Waals surface area contributed by atoms with Crippen LogP contribution in [-0.4, -0.2) is 48.6 Å². The molecule has 0 saturated carbocycles. The first-order valence-electron chi connectivity index (χ1n) is 7.79. The summed E-state index contributed by atoms with van der Waals surface area (Å²) in [6.07, 6.45) is 5.06. The lowest BCUT2D eigenvalue weighted by Gasteiger charge is -2.32.